The molecule has 4 heteroatoms. The Balaban J connectivity index is 2.46. The van der Waals surface area contributed by atoms with Crippen LogP contribution in [0.2, 0.25) is 0 Å². The molecule has 1 rings (SSSR count). The number of β-amino-alcohol motifs (C(OH)–C–C–N with tert-alkyl or cyclic N) is 1. The lowest BCUT2D eigenvalue weighted by Crippen LogP contribution is -2.44. The highest BCUT2D eigenvalue weighted by atomic mass is 16.3. The fraction of sp³-hybridized carbons (Fsp3) is 0.900. The van der Waals surface area contributed by atoms with Crippen molar-refractivity contribution in [1.82, 2.24) is 10.2 Å². The first-order chi connectivity index (χ1) is 6.69. The number of likely N-dealkylation sites (tertiary alicyclic amines) is 1. The lowest BCUT2D eigenvalue weighted by Gasteiger charge is -2.24. The van der Waals surface area contributed by atoms with E-state index in [0.29, 0.717) is 6.54 Å². The van der Waals surface area contributed by atoms with Crippen LogP contribution in [0.3, 0.4) is 0 Å². The quantitative estimate of drug-likeness (QED) is 0.670. The Morgan fingerprint density at radius 3 is 3.00 bits per heavy atom. The Labute approximate surface area is 85.3 Å². The second kappa shape index (κ2) is 5.32. The molecule has 1 amide bonds. The Morgan fingerprint density at radius 2 is 2.43 bits per heavy atom. The largest absolute Gasteiger partial charge is 0.392 e. The summed E-state index contributed by atoms with van der Waals surface area (Å²) in [5.41, 5.74) is 0. The van der Waals surface area contributed by atoms with Crippen molar-refractivity contribution in [3.8, 4) is 0 Å². The van der Waals surface area contributed by atoms with E-state index in [0.717, 1.165) is 25.8 Å². The van der Waals surface area contributed by atoms with Crippen molar-refractivity contribution < 1.29 is 9.90 Å². The van der Waals surface area contributed by atoms with Gasteiger partial charge in [-0.3, -0.25) is 9.69 Å². The number of aliphatic hydroxyl groups excluding tert-OH is 1. The number of hydrogen-bond acceptors (Lipinski definition) is 3. The van der Waals surface area contributed by atoms with Gasteiger partial charge in [0.2, 0.25) is 5.91 Å². The molecule has 0 saturated carbocycles. The molecule has 82 valence electrons. The second-order valence-corrected chi connectivity index (χ2v) is 3.83. The maximum Gasteiger partial charge on any atom is 0.237 e. The molecule has 0 spiro atoms. The highest BCUT2D eigenvalue weighted by Crippen LogP contribution is 2.17. The molecule has 1 unspecified atom stereocenters. The van der Waals surface area contributed by atoms with Crippen LogP contribution in [0.15, 0.2) is 0 Å². The van der Waals surface area contributed by atoms with Gasteiger partial charge in [0.05, 0.1) is 12.1 Å². The molecule has 1 fully saturated rings. The minimum atomic E-state index is -0.305. The number of nitrogens with zero attached hydrogens (tertiary/aromatic N) is 1. The van der Waals surface area contributed by atoms with Gasteiger partial charge >= 0.3 is 0 Å². The molecule has 2 atom stereocenters. The van der Waals surface area contributed by atoms with Crippen molar-refractivity contribution in [3.05, 3.63) is 0 Å². The number of rotatable bonds is 4. The number of aliphatic hydroxyl groups is 1. The zero-order valence-corrected chi connectivity index (χ0v) is 8.99. The van der Waals surface area contributed by atoms with E-state index in [-0.39, 0.29) is 18.1 Å². The predicted molar refractivity (Wildman–Crippen MR) is 55.0 cm³/mol. The Kier molecular flexibility index (Phi) is 4.35. The maximum atomic E-state index is 11.5. The Bertz CT molecular complexity index is 197. The molecule has 1 saturated heterocycles. The lowest BCUT2D eigenvalue weighted by atomic mass is 10.2. The molecule has 0 aliphatic carbocycles. The van der Waals surface area contributed by atoms with Crippen molar-refractivity contribution in [2.75, 3.05) is 20.1 Å². The summed E-state index contributed by atoms with van der Waals surface area (Å²) in [5, 5.41) is 12.2. The summed E-state index contributed by atoms with van der Waals surface area (Å²) in [5.74, 6) is 0.0748. The van der Waals surface area contributed by atoms with Gasteiger partial charge in [-0.05, 0) is 25.8 Å². The molecule has 1 aliphatic heterocycles. The van der Waals surface area contributed by atoms with Gasteiger partial charge in [-0.25, -0.2) is 0 Å². The SMILES string of the molecule is CC[C@@H](O)CN1CCCC1C(=O)NC. The Hall–Kier alpha value is -0.610. The molecule has 0 radical (unpaired) electrons. The lowest BCUT2D eigenvalue weighted by molar-refractivity contribution is -0.125. The third-order valence-corrected chi connectivity index (χ3v) is 2.83. The first-order valence-corrected chi connectivity index (χ1v) is 5.32. The third-order valence-electron chi connectivity index (χ3n) is 2.83. The predicted octanol–water partition coefficient (Wildman–Crippen LogP) is -0.0323. The highest BCUT2D eigenvalue weighted by Gasteiger charge is 2.30. The van der Waals surface area contributed by atoms with Gasteiger partial charge in [0, 0.05) is 13.6 Å². The summed E-state index contributed by atoms with van der Waals surface area (Å²) in [6.07, 6.45) is 2.40. The van der Waals surface area contributed by atoms with Gasteiger partial charge in [-0.2, -0.15) is 0 Å². The molecule has 0 bridgehead atoms. The standard InChI is InChI=1S/C10H20N2O2/c1-3-8(13)7-12-6-4-5-9(12)10(14)11-2/h8-9,13H,3-7H2,1-2H3,(H,11,14)/t8-,9?/m1/s1. The van der Waals surface area contributed by atoms with E-state index in [2.05, 4.69) is 10.2 Å². The average Bonchev–Trinajstić information content (AvgIpc) is 2.64. The topological polar surface area (TPSA) is 52.6 Å². The molecule has 0 aromatic rings. The molecular weight excluding hydrogens is 180 g/mol. The van der Waals surface area contributed by atoms with E-state index in [1.807, 2.05) is 6.92 Å². The normalized spacial score (nSPS) is 24.9. The van der Waals surface area contributed by atoms with Crippen molar-refractivity contribution in [3.63, 3.8) is 0 Å². The molecular formula is C10H20N2O2. The summed E-state index contributed by atoms with van der Waals surface area (Å²) in [4.78, 5) is 13.5. The molecule has 0 aromatic heterocycles. The van der Waals surface area contributed by atoms with Gasteiger partial charge in [0.15, 0.2) is 0 Å². The summed E-state index contributed by atoms with van der Waals surface area (Å²) < 4.78 is 0. The third kappa shape index (κ3) is 2.69. The van der Waals surface area contributed by atoms with E-state index in [1.54, 1.807) is 7.05 Å². The molecule has 2 N–H and O–H groups in total. The van der Waals surface area contributed by atoms with E-state index >= 15 is 0 Å². The van der Waals surface area contributed by atoms with Crippen LogP contribution in [-0.4, -0.2) is 48.2 Å². The van der Waals surface area contributed by atoms with Crippen LogP contribution in [0.25, 0.3) is 0 Å². The van der Waals surface area contributed by atoms with E-state index in [1.165, 1.54) is 0 Å². The van der Waals surface area contributed by atoms with Crippen LogP contribution in [0.5, 0.6) is 0 Å². The zero-order valence-electron chi connectivity index (χ0n) is 8.99. The minimum Gasteiger partial charge on any atom is -0.392 e. The van der Waals surface area contributed by atoms with Crippen molar-refractivity contribution >= 4 is 5.91 Å². The maximum absolute atomic E-state index is 11.5. The van der Waals surface area contributed by atoms with Crippen molar-refractivity contribution in [2.24, 2.45) is 0 Å². The van der Waals surface area contributed by atoms with Gasteiger partial charge in [0.25, 0.3) is 0 Å². The van der Waals surface area contributed by atoms with Crippen LogP contribution in [-0.2, 0) is 4.79 Å². The van der Waals surface area contributed by atoms with Crippen LogP contribution in [0.4, 0.5) is 0 Å². The van der Waals surface area contributed by atoms with Crippen LogP contribution < -0.4 is 5.32 Å². The summed E-state index contributed by atoms with van der Waals surface area (Å²) in [6, 6.07) is -0.0267. The van der Waals surface area contributed by atoms with Gasteiger partial charge < -0.3 is 10.4 Å². The highest BCUT2D eigenvalue weighted by molar-refractivity contribution is 5.81. The number of hydrogen-bond donors (Lipinski definition) is 2. The Morgan fingerprint density at radius 1 is 1.71 bits per heavy atom. The van der Waals surface area contributed by atoms with Crippen LogP contribution in [0.1, 0.15) is 26.2 Å². The van der Waals surface area contributed by atoms with E-state index in [4.69, 9.17) is 0 Å². The van der Waals surface area contributed by atoms with Gasteiger partial charge in [0.1, 0.15) is 0 Å². The van der Waals surface area contributed by atoms with Crippen LogP contribution >= 0.6 is 0 Å². The van der Waals surface area contributed by atoms with Crippen molar-refractivity contribution in [2.45, 2.75) is 38.3 Å². The molecule has 1 aliphatic rings. The first-order valence-electron chi connectivity index (χ1n) is 5.32. The van der Waals surface area contributed by atoms with Crippen molar-refractivity contribution in [1.29, 1.82) is 0 Å². The monoisotopic (exact) mass is 200 g/mol. The number of nitrogens with one attached hydrogen (secondary N) is 1. The molecule has 4 nitrogen and oxygen atoms in total. The molecule has 14 heavy (non-hydrogen) atoms. The molecule has 0 aromatic carbocycles. The number of carbonyl (C=O) groups is 1. The number of likely N-dealkylation sites (N-methyl/N-ethyl adjacent to an activating group) is 1. The molecule has 1 heterocycles. The fourth-order valence-electron chi connectivity index (χ4n) is 1.91. The summed E-state index contributed by atoms with van der Waals surface area (Å²) >= 11 is 0. The summed E-state index contributed by atoms with van der Waals surface area (Å²) in [6.45, 7) is 3.50. The minimum absolute atomic E-state index is 0.0267. The smallest absolute Gasteiger partial charge is 0.237 e. The van der Waals surface area contributed by atoms with Gasteiger partial charge in [-0.1, -0.05) is 6.92 Å². The summed E-state index contributed by atoms with van der Waals surface area (Å²) in [7, 11) is 1.66. The zero-order chi connectivity index (χ0) is 10.6. The average molecular weight is 200 g/mol. The van der Waals surface area contributed by atoms with Crippen LogP contribution in [0, 0.1) is 0 Å². The van der Waals surface area contributed by atoms with E-state index < -0.39 is 0 Å². The van der Waals surface area contributed by atoms with Gasteiger partial charge in [-0.15, -0.1) is 0 Å². The number of carbonyl (C=O) groups excluding carboxylic acids is 1. The second-order valence-electron chi connectivity index (χ2n) is 3.83. The fourth-order valence-corrected chi connectivity index (χ4v) is 1.91. The number of amides is 1. The van der Waals surface area contributed by atoms with E-state index in [9.17, 15) is 9.90 Å². The first kappa shape index (κ1) is 11.5.